The van der Waals surface area contributed by atoms with Crippen molar-refractivity contribution in [1.29, 1.82) is 0 Å². The van der Waals surface area contributed by atoms with Crippen molar-refractivity contribution in [3.05, 3.63) is 89.9 Å². The lowest BCUT2D eigenvalue weighted by Crippen LogP contribution is -1.99. The second-order valence-corrected chi connectivity index (χ2v) is 6.80. The predicted molar refractivity (Wildman–Crippen MR) is 96.5 cm³/mol. The van der Waals surface area contributed by atoms with Crippen LogP contribution in [0.15, 0.2) is 82.3 Å². The number of hydrogen-bond acceptors (Lipinski definition) is 3. The maximum Gasteiger partial charge on any atom is 0.121 e. The predicted octanol–water partition coefficient (Wildman–Crippen LogP) is 5.89. The van der Waals surface area contributed by atoms with Gasteiger partial charge < -0.3 is 9.73 Å². The van der Waals surface area contributed by atoms with E-state index in [4.69, 9.17) is 4.42 Å². The van der Waals surface area contributed by atoms with Crippen LogP contribution in [-0.2, 0) is 0 Å². The maximum absolute atomic E-state index is 5.65. The van der Waals surface area contributed by atoms with Gasteiger partial charge in [-0.05, 0) is 42.8 Å². The molecule has 1 aromatic heterocycles. The summed E-state index contributed by atoms with van der Waals surface area (Å²) in [5, 5.41) is 3.74. The lowest BCUT2D eigenvalue weighted by atomic mass is 10.1. The molecule has 2 nitrogen and oxygen atoms in total. The standard InChI is InChI=1S/C20H17NOS/c1-14-8-10-15(11-9-14)17-13-20(18-6-4-12-22-18)23-19-7-3-2-5-16(19)21-17/h2-13,20-21H,1H3. The molecule has 1 N–H and O–H groups in total. The molecule has 0 saturated carbocycles. The third-order valence-electron chi connectivity index (χ3n) is 3.91. The Morgan fingerprint density at radius 3 is 2.57 bits per heavy atom. The van der Waals surface area contributed by atoms with Crippen molar-refractivity contribution >= 4 is 23.1 Å². The number of hydrogen-bond donors (Lipinski definition) is 1. The highest BCUT2D eigenvalue weighted by Gasteiger charge is 2.21. The average molecular weight is 319 g/mol. The summed E-state index contributed by atoms with van der Waals surface area (Å²) in [5.74, 6) is 0.970. The molecule has 3 aromatic rings. The fourth-order valence-electron chi connectivity index (χ4n) is 2.68. The summed E-state index contributed by atoms with van der Waals surface area (Å²) >= 11 is 1.80. The molecule has 3 heteroatoms. The summed E-state index contributed by atoms with van der Waals surface area (Å²) in [4.78, 5) is 1.23. The minimum absolute atomic E-state index is 0.150. The number of fused-ring (bicyclic) bond motifs is 1. The maximum atomic E-state index is 5.65. The molecule has 1 unspecified atom stereocenters. The van der Waals surface area contributed by atoms with E-state index >= 15 is 0 Å². The van der Waals surface area contributed by atoms with Crippen LogP contribution in [-0.4, -0.2) is 0 Å². The second kappa shape index (κ2) is 6.01. The number of anilines is 1. The van der Waals surface area contributed by atoms with Gasteiger partial charge in [-0.15, -0.1) is 11.8 Å². The van der Waals surface area contributed by atoms with Gasteiger partial charge in [-0.3, -0.25) is 0 Å². The van der Waals surface area contributed by atoms with E-state index in [1.165, 1.54) is 16.0 Å². The molecule has 0 spiro atoms. The lowest BCUT2D eigenvalue weighted by molar-refractivity contribution is 0.520. The van der Waals surface area contributed by atoms with Crippen molar-refractivity contribution in [2.75, 3.05) is 5.32 Å². The van der Waals surface area contributed by atoms with Crippen LogP contribution in [0.25, 0.3) is 5.70 Å². The molecule has 4 rings (SSSR count). The Kier molecular flexibility index (Phi) is 3.72. The highest BCUT2D eigenvalue weighted by molar-refractivity contribution is 7.99. The number of aryl methyl sites for hydroxylation is 1. The van der Waals surface area contributed by atoms with E-state index in [0.717, 1.165) is 17.1 Å². The van der Waals surface area contributed by atoms with Gasteiger partial charge in [-0.25, -0.2) is 0 Å². The highest BCUT2D eigenvalue weighted by atomic mass is 32.2. The SMILES string of the molecule is Cc1ccc(C2=CC(c3ccco3)Sc3ccccc3N2)cc1. The molecule has 1 aliphatic rings. The van der Waals surface area contributed by atoms with Crippen LogP contribution in [0.3, 0.4) is 0 Å². The summed E-state index contributed by atoms with van der Waals surface area (Å²) in [6.07, 6.45) is 3.98. The minimum Gasteiger partial charge on any atom is -0.468 e. The molecule has 2 aromatic carbocycles. The Balaban J connectivity index is 1.81. The Hall–Kier alpha value is -2.39. The fourth-order valence-corrected chi connectivity index (χ4v) is 3.81. The molecule has 0 amide bonds. The molecule has 1 aliphatic heterocycles. The molecular weight excluding hydrogens is 302 g/mol. The van der Waals surface area contributed by atoms with Crippen LogP contribution in [0.5, 0.6) is 0 Å². The first-order chi connectivity index (χ1) is 11.3. The van der Waals surface area contributed by atoms with Crippen molar-refractivity contribution in [2.45, 2.75) is 17.1 Å². The smallest absolute Gasteiger partial charge is 0.121 e. The topological polar surface area (TPSA) is 25.2 Å². The van der Waals surface area contributed by atoms with Crippen LogP contribution < -0.4 is 5.32 Å². The molecule has 0 fully saturated rings. The van der Waals surface area contributed by atoms with Gasteiger partial charge in [0.05, 0.1) is 17.2 Å². The van der Waals surface area contributed by atoms with Crippen LogP contribution in [0.4, 0.5) is 5.69 Å². The molecule has 0 saturated heterocycles. The molecule has 0 radical (unpaired) electrons. The van der Waals surface area contributed by atoms with E-state index in [9.17, 15) is 0 Å². The number of nitrogens with one attached hydrogen (secondary N) is 1. The van der Waals surface area contributed by atoms with Crippen LogP contribution in [0, 0.1) is 6.92 Å². The van der Waals surface area contributed by atoms with Crippen LogP contribution >= 0.6 is 11.8 Å². The number of para-hydroxylation sites is 1. The van der Waals surface area contributed by atoms with Crippen molar-refractivity contribution in [2.24, 2.45) is 0 Å². The van der Waals surface area contributed by atoms with Gasteiger partial charge in [0.1, 0.15) is 5.76 Å². The zero-order chi connectivity index (χ0) is 15.6. The van der Waals surface area contributed by atoms with Gasteiger partial charge >= 0.3 is 0 Å². The Morgan fingerprint density at radius 1 is 0.957 bits per heavy atom. The number of thioether (sulfide) groups is 1. The molecule has 0 aliphatic carbocycles. The Morgan fingerprint density at radius 2 is 1.78 bits per heavy atom. The molecule has 2 heterocycles. The van der Waals surface area contributed by atoms with Gasteiger partial charge in [0.15, 0.2) is 0 Å². The lowest BCUT2D eigenvalue weighted by Gasteiger charge is -2.11. The summed E-state index contributed by atoms with van der Waals surface area (Å²) in [7, 11) is 0. The van der Waals surface area contributed by atoms with Gasteiger partial charge in [0.2, 0.25) is 0 Å². The van der Waals surface area contributed by atoms with Gasteiger partial charge in [0, 0.05) is 10.6 Å². The largest absolute Gasteiger partial charge is 0.468 e. The molecule has 114 valence electrons. The first-order valence-electron chi connectivity index (χ1n) is 7.64. The first-order valence-corrected chi connectivity index (χ1v) is 8.52. The van der Waals surface area contributed by atoms with E-state index in [0.29, 0.717) is 0 Å². The third kappa shape index (κ3) is 2.92. The van der Waals surface area contributed by atoms with Crippen LogP contribution in [0.1, 0.15) is 22.1 Å². The molecular formula is C20H17NOS. The zero-order valence-electron chi connectivity index (χ0n) is 12.8. The van der Waals surface area contributed by atoms with Crippen molar-refractivity contribution in [3.63, 3.8) is 0 Å². The van der Waals surface area contributed by atoms with E-state index < -0.39 is 0 Å². The monoisotopic (exact) mass is 319 g/mol. The highest BCUT2D eigenvalue weighted by Crippen LogP contribution is 2.44. The average Bonchev–Trinajstić information content (AvgIpc) is 3.03. The van der Waals surface area contributed by atoms with Crippen molar-refractivity contribution < 1.29 is 4.42 Å². The summed E-state index contributed by atoms with van der Waals surface area (Å²) < 4.78 is 5.65. The Bertz CT molecular complexity index is 834. The Labute approximate surface area is 140 Å². The van der Waals surface area contributed by atoms with E-state index in [2.05, 4.69) is 66.8 Å². The summed E-state index contributed by atoms with van der Waals surface area (Å²) in [5.41, 5.74) is 4.70. The normalized spacial score (nSPS) is 16.9. The van der Waals surface area contributed by atoms with Crippen molar-refractivity contribution in [1.82, 2.24) is 0 Å². The van der Waals surface area contributed by atoms with Gasteiger partial charge in [0.25, 0.3) is 0 Å². The zero-order valence-corrected chi connectivity index (χ0v) is 13.6. The molecule has 1 atom stereocenters. The number of benzene rings is 2. The minimum atomic E-state index is 0.150. The van der Waals surface area contributed by atoms with Crippen molar-refractivity contribution in [3.8, 4) is 0 Å². The van der Waals surface area contributed by atoms with E-state index in [1.807, 2.05) is 12.1 Å². The van der Waals surface area contributed by atoms with Gasteiger partial charge in [-0.1, -0.05) is 42.0 Å². The van der Waals surface area contributed by atoms with E-state index in [1.54, 1.807) is 18.0 Å². The molecule has 0 bridgehead atoms. The number of furan rings is 1. The quantitative estimate of drug-likeness (QED) is 0.637. The van der Waals surface area contributed by atoms with E-state index in [-0.39, 0.29) is 5.25 Å². The second-order valence-electron chi connectivity index (χ2n) is 5.62. The fraction of sp³-hybridized carbons (Fsp3) is 0.100. The van der Waals surface area contributed by atoms with Gasteiger partial charge in [-0.2, -0.15) is 0 Å². The summed E-state index contributed by atoms with van der Waals surface area (Å²) in [6, 6.07) is 21.0. The first kappa shape index (κ1) is 14.2. The van der Waals surface area contributed by atoms with Crippen LogP contribution in [0.2, 0.25) is 0 Å². The number of rotatable bonds is 2. The third-order valence-corrected chi connectivity index (χ3v) is 5.15. The summed E-state index contributed by atoms with van der Waals surface area (Å²) in [6.45, 7) is 2.11. The molecule has 23 heavy (non-hydrogen) atoms.